The average Bonchev–Trinajstić information content (AvgIpc) is 3.28. The Balaban J connectivity index is 2.03. The molecule has 1 aromatic carbocycles. The highest BCUT2D eigenvalue weighted by Crippen LogP contribution is 2.56. The first-order valence-corrected chi connectivity index (χ1v) is 11.5. The first kappa shape index (κ1) is 24.1. The van der Waals surface area contributed by atoms with Crippen LogP contribution in [-0.4, -0.2) is 44.1 Å². The second kappa shape index (κ2) is 8.98. The fraction of sp³-hybridized carbons (Fsp3) is 0.429. The van der Waals surface area contributed by atoms with Crippen LogP contribution in [-0.2, 0) is 34.3 Å². The van der Waals surface area contributed by atoms with Gasteiger partial charge in [0.25, 0.3) is 0 Å². The SMILES string of the molecule is COC(=O)C1=C(C(=O)OC)C2(OC(=O)c3c(Cl)c(Cl)c(Cl)c(Cl)c32)OC1=NC1CCCCC1. The molecule has 0 bridgehead atoms. The highest BCUT2D eigenvalue weighted by Gasteiger charge is 2.63. The highest BCUT2D eigenvalue weighted by atomic mass is 35.5. The monoisotopic (exact) mass is 535 g/mol. The summed E-state index contributed by atoms with van der Waals surface area (Å²) in [7, 11) is 2.22. The molecule has 0 N–H and O–H groups in total. The van der Waals surface area contributed by atoms with Crippen LogP contribution in [0.2, 0.25) is 20.1 Å². The van der Waals surface area contributed by atoms with Gasteiger partial charge in [0, 0.05) is 0 Å². The minimum Gasteiger partial charge on any atom is -0.465 e. The quantitative estimate of drug-likeness (QED) is 0.231. The summed E-state index contributed by atoms with van der Waals surface area (Å²) in [5.41, 5.74) is -1.23. The molecule has 0 aromatic heterocycles. The largest absolute Gasteiger partial charge is 0.465 e. The minimum atomic E-state index is -2.31. The summed E-state index contributed by atoms with van der Waals surface area (Å²) in [4.78, 5) is 43.2. The molecule has 2 aliphatic heterocycles. The molecule has 176 valence electrons. The Bertz CT molecular complexity index is 1140. The number of carbonyl (C=O) groups excluding carboxylic acids is 3. The molecule has 8 nitrogen and oxygen atoms in total. The highest BCUT2D eigenvalue weighted by molar-refractivity contribution is 6.53. The molecule has 1 aromatic rings. The number of carbonyl (C=O) groups is 3. The van der Waals surface area contributed by atoms with Crippen molar-refractivity contribution in [3.63, 3.8) is 0 Å². The average molecular weight is 537 g/mol. The predicted molar refractivity (Wildman–Crippen MR) is 120 cm³/mol. The summed E-state index contributed by atoms with van der Waals surface area (Å²) in [5, 5.41) is -0.851. The van der Waals surface area contributed by atoms with Crippen LogP contribution in [0.15, 0.2) is 16.1 Å². The molecule has 1 spiro atoms. The van der Waals surface area contributed by atoms with E-state index in [1.807, 2.05) is 0 Å². The number of fused-ring (bicyclic) bond motifs is 2. The Morgan fingerprint density at radius 3 is 2.12 bits per heavy atom. The van der Waals surface area contributed by atoms with Gasteiger partial charge in [0.1, 0.15) is 11.1 Å². The summed E-state index contributed by atoms with van der Waals surface area (Å²) in [6.07, 6.45) is 4.47. The van der Waals surface area contributed by atoms with Crippen LogP contribution >= 0.6 is 46.4 Å². The molecule has 2 heterocycles. The van der Waals surface area contributed by atoms with E-state index in [4.69, 9.17) is 65.4 Å². The van der Waals surface area contributed by atoms with Crippen molar-refractivity contribution < 1.29 is 33.3 Å². The van der Waals surface area contributed by atoms with E-state index in [0.717, 1.165) is 46.3 Å². The Labute approximate surface area is 208 Å². The van der Waals surface area contributed by atoms with Crippen LogP contribution in [0, 0.1) is 0 Å². The van der Waals surface area contributed by atoms with E-state index >= 15 is 0 Å². The molecule has 1 saturated carbocycles. The molecule has 1 aliphatic carbocycles. The van der Waals surface area contributed by atoms with Gasteiger partial charge in [0.15, 0.2) is 0 Å². The van der Waals surface area contributed by atoms with Gasteiger partial charge < -0.3 is 18.9 Å². The van der Waals surface area contributed by atoms with E-state index in [0.29, 0.717) is 0 Å². The second-order valence-corrected chi connectivity index (χ2v) is 9.09. The van der Waals surface area contributed by atoms with Gasteiger partial charge in [-0.25, -0.2) is 19.4 Å². The minimum absolute atomic E-state index is 0.174. The molecule has 33 heavy (non-hydrogen) atoms. The molecular weight excluding hydrogens is 520 g/mol. The lowest BCUT2D eigenvalue weighted by molar-refractivity contribution is -0.150. The van der Waals surface area contributed by atoms with E-state index < -0.39 is 29.3 Å². The van der Waals surface area contributed by atoms with Gasteiger partial charge in [-0.1, -0.05) is 65.7 Å². The topological polar surface area (TPSA) is 100 Å². The number of benzene rings is 1. The third kappa shape index (κ3) is 3.67. The standard InChI is InChI=1S/C21H17Cl4NO7/c1-30-18(27)10-12(20(29)31-2)21(32-17(10)26-8-6-4-3-5-7-8)11-9(19(28)33-21)13(22)15(24)16(25)14(11)23/h8H,3-7H2,1-2H3. The van der Waals surface area contributed by atoms with Gasteiger partial charge in [0.05, 0.1) is 51.5 Å². The zero-order chi connectivity index (χ0) is 24.1. The number of hydrogen-bond donors (Lipinski definition) is 0. The normalized spacial score (nSPS) is 23.6. The molecular formula is C21H17Cl4NO7. The van der Waals surface area contributed by atoms with Gasteiger partial charge in [0.2, 0.25) is 5.90 Å². The molecule has 12 heteroatoms. The maximum atomic E-state index is 13.0. The van der Waals surface area contributed by atoms with Gasteiger partial charge in [-0.15, -0.1) is 0 Å². The van der Waals surface area contributed by atoms with E-state index in [9.17, 15) is 14.4 Å². The van der Waals surface area contributed by atoms with Gasteiger partial charge >= 0.3 is 23.7 Å². The number of ether oxygens (including phenoxy) is 4. The van der Waals surface area contributed by atoms with E-state index in [2.05, 4.69) is 4.99 Å². The maximum absolute atomic E-state index is 13.0. The summed E-state index contributed by atoms with van der Waals surface area (Å²) in [6, 6.07) is -0.174. The van der Waals surface area contributed by atoms with Crippen molar-refractivity contribution in [3.8, 4) is 0 Å². The number of halogens is 4. The second-order valence-electron chi connectivity index (χ2n) is 7.57. The lowest BCUT2D eigenvalue weighted by Crippen LogP contribution is -2.34. The van der Waals surface area contributed by atoms with E-state index in [-0.39, 0.29) is 48.7 Å². The van der Waals surface area contributed by atoms with Crippen LogP contribution < -0.4 is 0 Å². The van der Waals surface area contributed by atoms with Crippen molar-refractivity contribution in [2.75, 3.05) is 14.2 Å². The van der Waals surface area contributed by atoms with Crippen molar-refractivity contribution in [1.82, 2.24) is 0 Å². The molecule has 1 unspecified atom stereocenters. The molecule has 0 saturated heterocycles. The number of methoxy groups -OCH3 is 2. The zero-order valence-electron chi connectivity index (χ0n) is 17.4. The molecule has 4 rings (SSSR count). The summed E-state index contributed by atoms with van der Waals surface area (Å²) < 4.78 is 21.3. The summed E-state index contributed by atoms with van der Waals surface area (Å²) >= 11 is 25.1. The summed E-state index contributed by atoms with van der Waals surface area (Å²) in [5.74, 6) is -5.49. The number of hydrogen-bond acceptors (Lipinski definition) is 8. The van der Waals surface area contributed by atoms with Crippen molar-refractivity contribution >= 4 is 70.2 Å². The molecule has 0 amide bonds. The maximum Gasteiger partial charge on any atom is 0.344 e. The van der Waals surface area contributed by atoms with Gasteiger partial charge in [-0.05, 0) is 12.8 Å². The number of rotatable bonds is 3. The molecule has 3 aliphatic rings. The van der Waals surface area contributed by atoms with Crippen molar-refractivity contribution in [2.45, 2.75) is 43.9 Å². The van der Waals surface area contributed by atoms with Crippen molar-refractivity contribution in [3.05, 3.63) is 42.4 Å². The molecule has 1 fully saturated rings. The summed E-state index contributed by atoms with van der Waals surface area (Å²) in [6.45, 7) is 0. The first-order valence-electron chi connectivity index (χ1n) is 9.96. The van der Waals surface area contributed by atoms with E-state index in [1.54, 1.807) is 0 Å². The zero-order valence-corrected chi connectivity index (χ0v) is 20.5. The van der Waals surface area contributed by atoms with Crippen molar-refractivity contribution in [1.29, 1.82) is 0 Å². The first-order chi connectivity index (χ1) is 15.7. The Morgan fingerprint density at radius 2 is 1.52 bits per heavy atom. The molecule has 1 atom stereocenters. The Hall–Kier alpha value is -2.00. The van der Waals surface area contributed by atoms with Gasteiger partial charge in [-0.3, -0.25) is 0 Å². The Morgan fingerprint density at radius 1 is 0.909 bits per heavy atom. The number of nitrogens with zero attached hydrogens (tertiary/aromatic N) is 1. The van der Waals surface area contributed by atoms with Gasteiger partial charge in [-0.2, -0.15) is 0 Å². The third-order valence-electron chi connectivity index (χ3n) is 5.72. The third-order valence-corrected chi connectivity index (χ3v) is 7.53. The smallest absolute Gasteiger partial charge is 0.344 e. The van der Waals surface area contributed by atoms with Crippen LogP contribution in [0.4, 0.5) is 0 Å². The molecule has 0 radical (unpaired) electrons. The Kier molecular flexibility index (Phi) is 6.57. The van der Waals surface area contributed by atoms with E-state index in [1.165, 1.54) is 0 Å². The predicted octanol–water partition coefficient (Wildman–Crippen LogP) is 5.03. The van der Waals surface area contributed by atoms with Crippen molar-refractivity contribution in [2.24, 2.45) is 4.99 Å². The van der Waals surface area contributed by atoms with Crippen LogP contribution in [0.1, 0.15) is 48.0 Å². The fourth-order valence-electron chi connectivity index (χ4n) is 4.22. The number of aliphatic imine (C=N–C) groups is 1. The fourth-order valence-corrected chi connectivity index (χ4v) is 5.27. The lowest BCUT2D eigenvalue weighted by atomic mass is 9.93. The van der Waals surface area contributed by atoms with Crippen LogP contribution in [0.3, 0.4) is 0 Å². The lowest BCUT2D eigenvalue weighted by Gasteiger charge is -2.26. The van der Waals surface area contributed by atoms with Crippen LogP contribution in [0.5, 0.6) is 0 Å². The number of esters is 3. The van der Waals surface area contributed by atoms with Crippen LogP contribution in [0.25, 0.3) is 0 Å².